The van der Waals surface area contributed by atoms with Gasteiger partial charge in [0.2, 0.25) is 0 Å². The van der Waals surface area contributed by atoms with Crippen molar-refractivity contribution in [3.8, 4) is 11.8 Å². The van der Waals surface area contributed by atoms with Gasteiger partial charge in [-0.1, -0.05) is 26.2 Å². The zero-order chi connectivity index (χ0) is 27.1. The number of alkyl halides is 6. The molecule has 0 aliphatic heterocycles. The molecular weight excluding hydrogens is 476 g/mol. The van der Waals surface area contributed by atoms with E-state index in [1.807, 2.05) is 12.8 Å². The molecule has 0 aromatic heterocycles. The smallest absolute Gasteiger partial charge is 0.393 e. The number of aliphatic hydroxyl groups is 3. The zero-order valence-corrected chi connectivity index (χ0v) is 20.8. The number of fused-ring (bicyclic) bond motifs is 1. The van der Waals surface area contributed by atoms with Gasteiger partial charge >= 0.3 is 18.0 Å². The quantitative estimate of drug-likeness (QED) is 0.236. The van der Waals surface area contributed by atoms with Crippen LogP contribution in [0.2, 0.25) is 0 Å². The van der Waals surface area contributed by atoms with Crippen molar-refractivity contribution in [2.45, 2.75) is 121 Å². The number of nitrogens with zero attached hydrogens (tertiary/aromatic N) is 1. The van der Waals surface area contributed by atoms with Crippen molar-refractivity contribution in [2.24, 2.45) is 21.7 Å². The number of hydrogen-bond acceptors (Lipinski definition) is 4. The third kappa shape index (κ3) is 5.24. The van der Waals surface area contributed by atoms with Crippen LogP contribution in [0.4, 0.5) is 26.3 Å². The lowest BCUT2D eigenvalue weighted by Gasteiger charge is -2.56. The summed E-state index contributed by atoms with van der Waals surface area (Å²) in [6, 6.07) is 0. The highest BCUT2D eigenvalue weighted by Gasteiger charge is 2.70. The van der Waals surface area contributed by atoms with E-state index in [1.165, 1.54) is 0 Å². The molecule has 5 atom stereocenters. The van der Waals surface area contributed by atoms with E-state index in [1.54, 1.807) is 20.8 Å². The highest BCUT2D eigenvalue weighted by atomic mass is 19.4. The van der Waals surface area contributed by atoms with E-state index in [9.17, 15) is 41.7 Å². The highest BCUT2D eigenvalue weighted by molar-refractivity contribution is 5.33. The Morgan fingerprint density at radius 2 is 1.54 bits per heavy atom. The molecular formula is C25H37F6NO3. The Balaban J connectivity index is 2.55. The Hall–Kier alpha value is -1.31. The lowest BCUT2D eigenvalue weighted by molar-refractivity contribution is -0.343. The second-order valence-corrected chi connectivity index (χ2v) is 11.5. The van der Waals surface area contributed by atoms with Gasteiger partial charge in [0.15, 0.2) is 0 Å². The molecule has 202 valence electrons. The first-order chi connectivity index (χ1) is 15.7. The van der Waals surface area contributed by atoms with Gasteiger partial charge in [-0.25, -0.2) is 0 Å². The maximum absolute atomic E-state index is 13.2. The van der Waals surface area contributed by atoms with Gasteiger partial charge in [0.25, 0.3) is 0 Å². The second kappa shape index (κ2) is 9.53. The number of rotatable bonds is 7. The van der Waals surface area contributed by atoms with Gasteiger partial charge in [0, 0.05) is 11.8 Å². The topological polar surface area (TPSA) is 73.1 Å². The molecule has 2 aliphatic carbocycles. The zero-order valence-electron chi connectivity index (χ0n) is 20.8. The molecule has 0 radical (unpaired) electrons. The molecule has 0 aromatic rings. The van der Waals surface area contributed by atoms with E-state index in [2.05, 4.69) is 11.7 Å². The van der Waals surface area contributed by atoms with Gasteiger partial charge in [-0.05, 0) is 82.8 Å². The van der Waals surface area contributed by atoms with Gasteiger partial charge in [-0.2, -0.15) is 26.3 Å². The Labute approximate surface area is 203 Å². The molecule has 35 heavy (non-hydrogen) atoms. The molecule has 0 heterocycles. The molecule has 0 bridgehead atoms. The van der Waals surface area contributed by atoms with Crippen molar-refractivity contribution in [2.75, 3.05) is 0 Å². The first-order valence-electron chi connectivity index (χ1n) is 11.9. The van der Waals surface area contributed by atoms with Crippen molar-refractivity contribution in [1.82, 2.24) is 0 Å². The Kier molecular flexibility index (Phi) is 8.15. The van der Waals surface area contributed by atoms with Crippen LogP contribution in [-0.4, -0.2) is 57.2 Å². The fourth-order valence-electron chi connectivity index (χ4n) is 6.63. The van der Waals surface area contributed by atoms with Gasteiger partial charge in [0.05, 0.1) is 17.2 Å². The van der Waals surface area contributed by atoms with Crippen molar-refractivity contribution in [1.29, 1.82) is 0 Å². The van der Waals surface area contributed by atoms with Crippen LogP contribution in [0.25, 0.3) is 0 Å². The average Bonchev–Trinajstić information content (AvgIpc) is 3.00. The van der Waals surface area contributed by atoms with Crippen LogP contribution in [0.3, 0.4) is 0 Å². The van der Waals surface area contributed by atoms with Crippen LogP contribution in [-0.2, 0) is 0 Å². The van der Waals surface area contributed by atoms with E-state index in [-0.39, 0.29) is 5.92 Å². The fraction of sp³-hybridized carbons (Fsp3) is 0.880. The lowest BCUT2D eigenvalue weighted by Crippen LogP contribution is -2.57. The number of aliphatic hydroxyl groups excluding tert-OH is 1. The number of hydrogen-bond donors (Lipinski definition) is 3. The molecule has 0 aromatic carbocycles. The Morgan fingerprint density at radius 3 is 2.03 bits per heavy atom. The molecule has 10 heteroatoms. The number of halogens is 6. The normalized spacial score (nSPS) is 31.8. The summed E-state index contributed by atoms with van der Waals surface area (Å²) in [5.41, 5.74) is -8.73. The summed E-state index contributed by atoms with van der Waals surface area (Å²) in [5, 5.41) is 30.3. The molecule has 2 saturated carbocycles. The summed E-state index contributed by atoms with van der Waals surface area (Å²) < 4.78 is 79.0. The van der Waals surface area contributed by atoms with Crippen LogP contribution >= 0.6 is 0 Å². The summed E-state index contributed by atoms with van der Waals surface area (Å²) in [6.07, 6.45) is -8.90. The van der Waals surface area contributed by atoms with E-state index < -0.39 is 52.4 Å². The maximum atomic E-state index is 13.2. The summed E-state index contributed by atoms with van der Waals surface area (Å²) in [7, 11) is 0. The molecule has 3 N–H and O–H groups in total. The lowest BCUT2D eigenvalue weighted by atomic mass is 9.51. The minimum Gasteiger partial charge on any atom is -0.393 e. The third-order valence-electron chi connectivity index (χ3n) is 8.59. The molecule has 2 fully saturated rings. The average molecular weight is 514 g/mol. The SMILES string of the molecule is C=N[C@]1([C@](C)(CC#CC(O)(C(F)(F)F)C(F)(F)F)CCCC(C)(C)O)CCC2[C@@H](O)CCC[C@@]21C. The van der Waals surface area contributed by atoms with Crippen molar-refractivity contribution < 1.29 is 41.7 Å². The van der Waals surface area contributed by atoms with E-state index >= 15 is 0 Å². The van der Waals surface area contributed by atoms with Gasteiger partial charge in [-0.15, -0.1) is 0 Å². The largest absolute Gasteiger partial charge is 0.438 e. The summed E-state index contributed by atoms with van der Waals surface area (Å²) in [4.78, 5) is 4.51. The molecule has 1 unspecified atom stereocenters. The Morgan fingerprint density at radius 1 is 0.971 bits per heavy atom. The van der Waals surface area contributed by atoms with Gasteiger partial charge in [-0.3, -0.25) is 4.99 Å². The summed E-state index contributed by atoms with van der Waals surface area (Å²) in [5.74, 6) is 2.99. The highest BCUT2D eigenvalue weighted by Crippen LogP contribution is 2.66. The van der Waals surface area contributed by atoms with Gasteiger partial charge < -0.3 is 15.3 Å². The van der Waals surface area contributed by atoms with Crippen LogP contribution in [0, 0.1) is 28.6 Å². The van der Waals surface area contributed by atoms with E-state index in [4.69, 9.17) is 0 Å². The molecule has 2 aliphatic rings. The first kappa shape index (κ1) is 29.9. The maximum Gasteiger partial charge on any atom is 0.438 e. The van der Waals surface area contributed by atoms with E-state index in [0.717, 1.165) is 5.92 Å². The van der Waals surface area contributed by atoms with Crippen molar-refractivity contribution in [3.05, 3.63) is 0 Å². The second-order valence-electron chi connectivity index (χ2n) is 11.5. The minimum absolute atomic E-state index is 0.134. The van der Waals surface area contributed by atoms with Crippen LogP contribution in [0.1, 0.15) is 85.5 Å². The summed E-state index contributed by atoms with van der Waals surface area (Å²) in [6.45, 7) is 10.7. The van der Waals surface area contributed by atoms with Crippen molar-refractivity contribution >= 4 is 6.72 Å². The summed E-state index contributed by atoms with van der Waals surface area (Å²) >= 11 is 0. The third-order valence-corrected chi connectivity index (χ3v) is 8.59. The molecule has 4 nitrogen and oxygen atoms in total. The monoisotopic (exact) mass is 513 g/mol. The van der Waals surface area contributed by atoms with Gasteiger partial charge in [0.1, 0.15) is 0 Å². The molecule has 0 amide bonds. The van der Waals surface area contributed by atoms with Crippen LogP contribution in [0.15, 0.2) is 4.99 Å². The standard InChI is InChI=1S/C25H37F6NO3/c1-19(2,34)11-7-12-20(3,13-8-15-23(35,24(26,27)28)25(29,30)31)22(32-5)16-10-17-18(33)9-6-14-21(17,22)4/h17-18,33-35H,5-7,9-14,16H2,1-4H3/t17?,18-,20-,21-,22-/m0/s1. The van der Waals surface area contributed by atoms with Crippen molar-refractivity contribution in [3.63, 3.8) is 0 Å². The predicted octanol–water partition coefficient (Wildman–Crippen LogP) is 5.58. The first-order valence-corrected chi connectivity index (χ1v) is 11.9. The molecule has 2 rings (SSSR count). The van der Waals surface area contributed by atoms with Crippen LogP contribution in [0.5, 0.6) is 0 Å². The van der Waals surface area contributed by atoms with E-state index in [0.29, 0.717) is 51.4 Å². The predicted molar refractivity (Wildman–Crippen MR) is 121 cm³/mol. The Bertz CT molecular complexity index is 825. The minimum atomic E-state index is -6.03. The fourth-order valence-corrected chi connectivity index (χ4v) is 6.63. The molecule has 0 spiro atoms. The molecule has 0 saturated heterocycles. The number of aliphatic imine (C=N–C) groups is 1. The van der Waals surface area contributed by atoms with Crippen LogP contribution < -0.4 is 0 Å².